The largest absolute Gasteiger partial charge is 0.433 e. The Morgan fingerprint density at radius 3 is 2.90 bits per heavy atom. The van der Waals surface area contributed by atoms with Crippen LogP contribution < -0.4 is 10.1 Å². The minimum absolute atomic E-state index is 0.0262. The summed E-state index contributed by atoms with van der Waals surface area (Å²) in [7, 11) is 1.82. The Morgan fingerprint density at radius 2 is 2.20 bits per heavy atom. The predicted octanol–water partition coefficient (Wildman–Crippen LogP) is 3.26. The van der Waals surface area contributed by atoms with E-state index in [1.165, 1.54) is 12.3 Å². The molecule has 0 aliphatic carbocycles. The van der Waals surface area contributed by atoms with Crippen LogP contribution in [-0.4, -0.2) is 17.0 Å². The minimum Gasteiger partial charge on any atom is -0.433 e. The quantitative estimate of drug-likeness (QED) is 0.669. The van der Waals surface area contributed by atoms with Crippen molar-refractivity contribution in [2.24, 2.45) is 0 Å². The number of hydrogen-bond donors (Lipinski definition) is 1. The van der Waals surface area contributed by atoms with E-state index in [2.05, 4.69) is 26.2 Å². The van der Waals surface area contributed by atoms with Gasteiger partial charge in [-0.2, -0.15) is 0 Å². The minimum atomic E-state index is -0.520. The van der Waals surface area contributed by atoms with Gasteiger partial charge in [-0.15, -0.1) is 0 Å². The van der Waals surface area contributed by atoms with Gasteiger partial charge in [-0.1, -0.05) is 18.2 Å². The van der Waals surface area contributed by atoms with Crippen molar-refractivity contribution in [3.63, 3.8) is 0 Å². The maximum atomic E-state index is 11.0. The van der Waals surface area contributed by atoms with Gasteiger partial charge in [-0.25, -0.2) is 4.98 Å². The van der Waals surface area contributed by atoms with Gasteiger partial charge < -0.3 is 10.1 Å². The first-order chi connectivity index (χ1) is 9.61. The molecule has 7 heteroatoms. The van der Waals surface area contributed by atoms with Gasteiger partial charge in [0.05, 0.1) is 4.92 Å². The van der Waals surface area contributed by atoms with Crippen molar-refractivity contribution in [1.29, 1.82) is 0 Å². The third-order valence-electron chi connectivity index (χ3n) is 2.54. The van der Waals surface area contributed by atoms with Crippen molar-refractivity contribution in [2.45, 2.75) is 6.54 Å². The zero-order valence-corrected chi connectivity index (χ0v) is 12.3. The molecule has 0 saturated carbocycles. The Balaban J connectivity index is 2.37. The molecule has 6 nitrogen and oxygen atoms in total. The number of nitro groups is 1. The van der Waals surface area contributed by atoms with Crippen LogP contribution in [0.4, 0.5) is 5.69 Å². The van der Waals surface area contributed by atoms with Crippen LogP contribution in [0.1, 0.15) is 5.56 Å². The average Bonchev–Trinajstić information content (AvgIpc) is 2.43. The monoisotopic (exact) mass is 337 g/mol. The van der Waals surface area contributed by atoms with Crippen LogP contribution in [-0.2, 0) is 6.54 Å². The lowest BCUT2D eigenvalue weighted by Crippen LogP contribution is -2.06. The highest BCUT2D eigenvalue weighted by Gasteiger charge is 2.19. The molecule has 0 aliphatic rings. The Morgan fingerprint density at radius 1 is 1.45 bits per heavy atom. The van der Waals surface area contributed by atoms with E-state index in [-0.39, 0.29) is 11.6 Å². The molecule has 0 unspecified atom stereocenters. The zero-order valence-electron chi connectivity index (χ0n) is 10.7. The van der Waals surface area contributed by atoms with E-state index in [9.17, 15) is 10.1 Å². The second-order valence-corrected chi connectivity index (χ2v) is 4.89. The highest BCUT2D eigenvalue weighted by atomic mass is 79.9. The lowest BCUT2D eigenvalue weighted by molar-refractivity contribution is -0.386. The predicted molar refractivity (Wildman–Crippen MR) is 77.9 cm³/mol. The summed E-state index contributed by atoms with van der Waals surface area (Å²) >= 11 is 3.16. The molecule has 1 aromatic carbocycles. The molecule has 1 N–H and O–H groups in total. The summed E-state index contributed by atoms with van der Waals surface area (Å²) in [5.74, 6) is 0.515. The topological polar surface area (TPSA) is 77.3 Å². The lowest BCUT2D eigenvalue weighted by Gasteiger charge is -2.10. The van der Waals surface area contributed by atoms with Crippen LogP contribution in [0.2, 0.25) is 0 Å². The molecule has 0 amide bonds. The van der Waals surface area contributed by atoms with Crippen LogP contribution in [0.5, 0.6) is 11.6 Å². The Bertz CT molecular complexity index is 634. The fraction of sp³-hybridized carbons (Fsp3) is 0.154. The molecular weight excluding hydrogens is 326 g/mol. The average molecular weight is 338 g/mol. The number of pyridine rings is 1. The first kappa shape index (κ1) is 14.4. The maximum Gasteiger partial charge on any atom is 0.332 e. The normalized spacial score (nSPS) is 10.3. The van der Waals surface area contributed by atoms with Gasteiger partial charge in [0.25, 0.3) is 5.88 Å². The molecule has 2 rings (SSSR count). The Labute approximate surface area is 124 Å². The number of ether oxygens (including phenoxy) is 1. The second kappa shape index (κ2) is 6.44. The number of benzene rings is 1. The highest BCUT2D eigenvalue weighted by molar-refractivity contribution is 9.10. The molecular formula is C13H12BrN3O3. The Hall–Kier alpha value is -1.99. The van der Waals surface area contributed by atoms with Gasteiger partial charge in [0.2, 0.25) is 0 Å². The lowest BCUT2D eigenvalue weighted by atomic mass is 10.2. The van der Waals surface area contributed by atoms with Crippen LogP contribution in [0.3, 0.4) is 0 Å². The Kier molecular flexibility index (Phi) is 4.65. The van der Waals surface area contributed by atoms with Crippen molar-refractivity contribution in [1.82, 2.24) is 10.3 Å². The third kappa shape index (κ3) is 3.31. The molecule has 0 saturated heterocycles. The summed E-state index contributed by atoms with van der Waals surface area (Å²) in [5.41, 5.74) is 0.715. The fourth-order valence-corrected chi connectivity index (χ4v) is 1.99. The molecule has 0 aliphatic heterocycles. The number of nitrogens with zero attached hydrogens (tertiary/aromatic N) is 2. The molecule has 104 valence electrons. The van der Waals surface area contributed by atoms with Crippen molar-refractivity contribution in [3.8, 4) is 11.6 Å². The molecule has 1 aromatic heterocycles. The van der Waals surface area contributed by atoms with E-state index in [1.807, 2.05) is 19.2 Å². The van der Waals surface area contributed by atoms with E-state index in [0.29, 0.717) is 16.8 Å². The van der Waals surface area contributed by atoms with Crippen LogP contribution in [0, 0.1) is 10.1 Å². The number of para-hydroxylation sites is 1. The van der Waals surface area contributed by atoms with Gasteiger partial charge in [0.15, 0.2) is 0 Å². The molecule has 0 atom stereocenters. The van der Waals surface area contributed by atoms with Crippen LogP contribution >= 0.6 is 15.9 Å². The van der Waals surface area contributed by atoms with Gasteiger partial charge >= 0.3 is 5.69 Å². The van der Waals surface area contributed by atoms with E-state index in [0.717, 1.165) is 5.56 Å². The maximum absolute atomic E-state index is 11.0. The first-order valence-corrected chi connectivity index (χ1v) is 6.61. The fourth-order valence-electron chi connectivity index (χ4n) is 1.67. The van der Waals surface area contributed by atoms with Gasteiger partial charge in [0, 0.05) is 28.8 Å². The summed E-state index contributed by atoms with van der Waals surface area (Å²) in [4.78, 5) is 14.5. The number of nitrogens with one attached hydrogen (secondary N) is 1. The SMILES string of the molecule is CNCc1ccccc1Oc1ncc(Br)cc1[N+](=O)[O-]. The summed E-state index contributed by atoms with van der Waals surface area (Å²) in [6.07, 6.45) is 1.46. The number of aromatic nitrogens is 1. The molecule has 20 heavy (non-hydrogen) atoms. The van der Waals surface area contributed by atoms with Crippen molar-refractivity contribution in [3.05, 3.63) is 56.7 Å². The number of hydrogen-bond acceptors (Lipinski definition) is 5. The molecule has 2 aromatic rings. The standard InChI is InChI=1S/C13H12BrN3O3/c1-15-7-9-4-2-3-5-12(9)20-13-11(17(18)19)6-10(14)8-16-13/h2-6,8,15H,7H2,1H3. The highest BCUT2D eigenvalue weighted by Crippen LogP contribution is 2.32. The third-order valence-corrected chi connectivity index (χ3v) is 2.98. The molecule has 0 spiro atoms. The first-order valence-electron chi connectivity index (χ1n) is 5.82. The van der Waals surface area contributed by atoms with Crippen molar-refractivity contribution < 1.29 is 9.66 Å². The van der Waals surface area contributed by atoms with Gasteiger partial charge in [0.1, 0.15) is 5.75 Å². The van der Waals surface area contributed by atoms with Gasteiger partial charge in [-0.05, 0) is 29.0 Å². The molecule has 0 fully saturated rings. The summed E-state index contributed by atoms with van der Waals surface area (Å²) in [6.45, 7) is 0.598. The second-order valence-electron chi connectivity index (χ2n) is 3.98. The van der Waals surface area contributed by atoms with E-state index in [1.54, 1.807) is 12.1 Å². The molecule has 1 heterocycles. The van der Waals surface area contributed by atoms with Crippen LogP contribution in [0.25, 0.3) is 0 Å². The van der Waals surface area contributed by atoms with Crippen molar-refractivity contribution in [2.75, 3.05) is 7.05 Å². The van der Waals surface area contributed by atoms with E-state index >= 15 is 0 Å². The molecule has 0 bridgehead atoms. The van der Waals surface area contributed by atoms with Crippen molar-refractivity contribution >= 4 is 21.6 Å². The number of halogens is 1. The van der Waals surface area contributed by atoms with Gasteiger partial charge in [-0.3, -0.25) is 10.1 Å². The number of rotatable bonds is 5. The van der Waals surface area contributed by atoms with Crippen LogP contribution in [0.15, 0.2) is 41.0 Å². The van der Waals surface area contributed by atoms with E-state index < -0.39 is 4.92 Å². The zero-order chi connectivity index (χ0) is 14.5. The smallest absolute Gasteiger partial charge is 0.332 e. The summed E-state index contributed by atoms with van der Waals surface area (Å²) < 4.78 is 6.12. The summed E-state index contributed by atoms with van der Waals surface area (Å²) in [5, 5.41) is 14.0. The van der Waals surface area contributed by atoms with E-state index in [4.69, 9.17) is 4.74 Å². The summed E-state index contributed by atoms with van der Waals surface area (Å²) in [6, 6.07) is 8.68. The molecule has 0 radical (unpaired) electrons.